The summed E-state index contributed by atoms with van der Waals surface area (Å²) in [7, 11) is 0. The molecule has 146 valence electrons. The molecule has 0 spiro atoms. The summed E-state index contributed by atoms with van der Waals surface area (Å²) in [5, 5.41) is 14.4. The molecule has 6 heteroatoms. The Balaban J connectivity index is 2.04. The highest BCUT2D eigenvalue weighted by Gasteiger charge is 2.39. The van der Waals surface area contributed by atoms with Gasteiger partial charge in [-0.15, -0.1) is 0 Å². The van der Waals surface area contributed by atoms with Gasteiger partial charge in [-0.1, -0.05) is 13.8 Å². The van der Waals surface area contributed by atoms with Crippen LogP contribution in [0.3, 0.4) is 0 Å². The summed E-state index contributed by atoms with van der Waals surface area (Å²) < 4.78 is 5.54. The number of carbonyl (C=O) groups is 1. The van der Waals surface area contributed by atoms with Gasteiger partial charge in [0, 0.05) is 31.4 Å². The predicted molar refractivity (Wildman–Crippen MR) is 105 cm³/mol. The van der Waals surface area contributed by atoms with E-state index in [4.69, 9.17) is 9.84 Å². The van der Waals surface area contributed by atoms with Gasteiger partial charge in [0.2, 0.25) is 0 Å². The Kier molecular flexibility index (Phi) is 7.14. The normalized spacial score (nSPS) is 22.0. The van der Waals surface area contributed by atoms with Crippen molar-refractivity contribution >= 4 is 11.7 Å². The molecule has 2 rings (SSSR count). The van der Waals surface area contributed by atoms with E-state index in [2.05, 4.69) is 48.4 Å². The fourth-order valence-electron chi connectivity index (χ4n) is 3.67. The van der Waals surface area contributed by atoms with E-state index in [1.165, 1.54) is 5.69 Å². The number of piperidine rings is 1. The summed E-state index contributed by atoms with van der Waals surface area (Å²) in [6.45, 7) is 11.3. The lowest BCUT2D eigenvalue weighted by molar-refractivity contribution is 0.170. The van der Waals surface area contributed by atoms with E-state index >= 15 is 0 Å². The Morgan fingerprint density at radius 1 is 1.31 bits per heavy atom. The minimum absolute atomic E-state index is 0.0487. The van der Waals surface area contributed by atoms with Crippen LogP contribution in [-0.4, -0.2) is 50.0 Å². The molecule has 0 radical (unpaired) electrons. The van der Waals surface area contributed by atoms with Gasteiger partial charge in [-0.3, -0.25) is 0 Å². The number of nitrogens with zero attached hydrogens (tertiary/aromatic N) is 1. The van der Waals surface area contributed by atoms with Crippen molar-refractivity contribution in [2.24, 2.45) is 11.3 Å². The second kappa shape index (κ2) is 9.12. The SMILES string of the molecule is CCOc1ccc(N2CC(CNC(=O)NCCO)CC(C)(C)C2C)cc1. The lowest BCUT2D eigenvalue weighted by Crippen LogP contribution is -2.54. The van der Waals surface area contributed by atoms with Gasteiger partial charge >= 0.3 is 6.03 Å². The number of hydrogen-bond acceptors (Lipinski definition) is 4. The van der Waals surface area contributed by atoms with E-state index in [0.29, 0.717) is 25.1 Å². The number of carbonyl (C=O) groups excluding carboxylic acids is 1. The van der Waals surface area contributed by atoms with Gasteiger partial charge in [0.15, 0.2) is 0 Å². The average molecular weight is 364 g/mol. The van der Waals surface area contributed by atoms with Crippen LogP contribution in [0.1, 0.15) is 34.1 Å². The fraction of sp³-hybridized carbons (Fsp3) is 0.650. The molecule has 1 saturated heterocycles. The van der Waals surface area contributed by atoms with Gasteiger partial charge in [0.05, 0.1) is 13.2 Å². The molecule has 1 fully saturated rings. The minimum atomic E-state index is -0.219. The number of urea groups is 1. The first kappa shape index (κ1) is 20.4. The third-order valence-electron chi connectivity index (χ3n) is 5.30. The molecule has 26 heavy (non-hydrogen) atoms. The molecule has 1 aromatic carbocycles. The van der Waals surface area contributed by atoms with Gasteiger partial charge in [-0.25, -0.2) is 4.79 Å². The molecule has 6 nitrogen and oxygen atoms in total. The number of nitrogens with one attached hydrogen (secondary N) is 2. The Hall–Kier alpha value is -1.95. The van der Waals surface area contributed by atoms with Crippen molar-refractivity contribution in [3.63, 3.8) is 0 Å². The van der Waals surface area contributed by atoms with Gasteiger partial charge in [-0.05, 0) is 55.9 Å². The van der Waals surface area contributed by atoms with Crippen LogP contribution in [0, 0.1) is 11.3 Å². The minimum Gasteiger partial charge on any atom is -0.494 e. The third-order valence-corrected chi connectivity index (χ3v) is 5.30. The van der Waals surface area contributed by atoms with E-state index in [0.717, 1.165) is 18.7 Å². The molecule has 1 aliphatic heterocycles. The van der Waals surface area contributed by atoms with Crippen molar-refractivity contribution in [3.05, 3.63) is 24.3 Å². The molecular weight excluding hydrogens is 330 g/mol. The molecular formula is C20H33N3O3. The van der Waals surface area contributed by atoms with Crippen molar-refractivity contribution in [2.75, 3.05) is 37.7 Å². The van der Waals surface area contributed by atoms with Crippen LogP contribution in [-0.2, 0) is 0 Å². The first-order chi connectivity index (χ1) is 12.4. The summed E-state index contributed by atoms with van der Waals surface area (Å²) in [4.78, 5) is 14.2. The molecule has 1 aromatic rings. The first-order valence-electron chi connectivity index (χ1n) is 9.49. The largest absolute Gasteiger partial charge is 0.494 e. The lowest BCUT2D eigenvalue weighted by atomic mass is 9.73. The molecule has 0 bridgehead atoms. The third kappa shape index (κ3) is 5.27. The number of rotatable bonds is 7. The summed E-state index contributed by atoms with van der Waals surface area (Å²) >= 11 is 0. The Bertz CT molecular complexity index is 574. The van der Waals surface area contributed by atoms with Crippen LogP contribution in [0.25, 0.3) is 0 Å². The molecule has 0 aromatic heterocycles. The number of hydrogen-bond donors (Lipinski definition) is 3. The molecule has 0 aliphatic carbocycles. The van der Waals surface area contributed by atoms with Crippen molar-refractivity contribution in [2.45, 2.75) is 40.2 Å². The molecule has 0 saturated carbocycles. The topological polar surface area (TPSA) is 73.8 Å². The van der Waals surface area contributed by atoms with Crippen LogP contribution >= 0.6 is 0 Å². The summed E-state index contributed by atoms with van der Waals surface area (Å²) in [5.41, 5.74) is 1.33. The van der Waals surface area contributed by atoms with E-state index in [1.54, 1.807) is 0 Å². The van der Waals surface area contributed by atoms with Crippen LogP contribution < -0.4 is 20.3 Å². The fourth-order valence-corrected chi connectivity index (χ4v) is 3.67. The van der Waals surface area contributed by atoms with Crippen molar-refractivity contribution in [1.82, 2.24) is 10.6 Å². The van der Waals surface area contributed by atoms with Crippen LogP contribution in [0.4, 0.5) is 10.5 Å². The molecule has 3 N–H and O–H groups in total. The average Bonchev–Trinajstić information content (AvgIpc) is 2.61. The quantitative estimate of drug-likeness (QED) is 0.696. The highest BCUT2D eigenvalue weighted by molar-refractivity contribution is 5.73. The van der Waals surface area contributed by atoms with E-state index in [-0.39, 0.29) is 24.6 Å². The maximum atomic E-state index is 11.8. The van der Waals surface area contributed by atoms with Gasteiger partial charge in [0.25, 0.3) is 0 Å². The van der Waals surface area contributed by atoms with Crippen LogP contribution in [0.2, 0.25) is 0 Å². The molecule has 2 atom stereocenters. The number of aliphatic hydroxyl groups excluding tert-OH is 1. The molecule has 1 aliphatic rings. The van der Waals surface area contributed by atoms with Crippen LogP contribution in [0.15, 0.2) is 24.3 Å². The van der Waals surface area contributed by atoms with E-state index < -0.39 is 0 Å². The van der Waals surface area contributed by atoms with Crippen molar-refractivity contribution in [1.29, 1.82) is 0 Å². The highest BCUT2D eigenvalue weighted by atomic mass is 16.5. The Morgan fingerprint density at radius 2 is 2.00 bits per heavy atom. The zero-order valence-electron chi connectivity index (χ0n) is 16.4. The second-order valence-corrected chi connectivity index (χ2v) is 7.67. The first-order valence-corrected chi connectivity index (χ1v) is 9.49. The van der Waals surface area contributed by atoms with E-state index in [1.807, 2.05) is 19.1 Å². The highest BCUT2D eigenvalue weighted by Crippen LogP contribution is 2.40. The smallest absolute Gasteiger partial charge is 0.314 e. The number of aliphatic hydroxyl groups is 1. The monoisotopic (exact) mass is 363 g/mol. The molecule has 2 unspecified atom stereocenters. The molecule has 1 heterocycles. The second-order valence-electron chi connectivity index (χ2n) is 7.67. The standard InChI is InChI=1S/C20H33N3O3/c1-5-26-18-8-6-17(7-9-18)23-14-16(12-20(3,4)15(23)2)13-22-19(25)21-10-11-24/h6-9,15-16,24H,5,10-14H2,1-4H3,(H2,21,22,25). The zero-order chi connectivity index (χ0) is 19.2. The van der Waals surface area contributed by atoms with Crippen molar-refractivity contribution < 1.29 is 14.6 Å². The van der Waals surface area contributed by atoms with E-state index in [9.17, 15) is 4.79 Å². The molecule has 2 amide bonds. The van der Waals surface area contributed by atoms with Gasteiger partial charge in [-0.2, -0.15) is 0 Å². The maximum Gasteiger partial charge on any atom is 0.314 e. The number of anilines is 1. The summed E-state index contributed by atoms with van der Waals surface area (Å²) in [6, 6.07) is 8.44. The van der Waals surface area contributed by atoms with Crippen molar-refractivity contribution in [3.8, 4) is 5.75 Å². The Labute approximate surface area is 156 Å². The number of ether oxygens (including phenoxy) is 1. The zero-order valence-corrected chi connectivity index (χ0v) is 16.4. The predicted octanol–water partition coefficient (Wildman–Crippen LogP) is 2.62. The van der Waals surface area contributed by atoms with Gasteiger partial charge < -0.3 is 25.4 Å². The number of amides is 2. The van der Waals surface area contributed by atoms with Crippen LogP contribution in [0.5, 0.6) is 5.75 Å². The Morgan fingerprint density at radius 3 is 2.62 bits per heavy atom. The van der Waals surface area contributed by atoms with Gasteiger partial charge in [0.1, 0.15) is 5.75 Å². The lowest BCUT2D eigenvalue weighted by Gasteiger charge is -2.49. The summed E-state index contributed by atoms with van der Waals surface area (Å²) in [5.74, 6) is 1.26. The number of benzene rings is 1. The maximum absolute atomic E-state index is 11.8. The summed E-state index contributed by atoms with van der Waals surface area (Å²) in [6.07, 6.45) is 1.06.